The second kappa shape index (κ2) is 4.58. The maximum Gasteiger partial charge on any atom is 0.251 e. The fourth-order valence-corrected chi connectivity index (χ4v) is 1.65. The molecule has 1 aliphatic rings. The van der Waals surface area contributed by atoms with Crippen molar-refractivity contribution in [1.82, 2.24) is 4.90 Å². The number of aliphatic hydroxyl groups is 1. The summed E-state index contributed by atoms with van der Waals surface area (Å²) in [5.74, 6) is 0.397. The zero-order valence-corrected chi connectivity index (χ0v) is 8.07. The van der Waals surface area contributed by atoms with Gasteiger partial charge in [-0.1, -0.05) is 0 Å². The molecule has 0 aromatic rings. The van der Waals surface area contributed by atoms with Gasteiger partial charge < -0.3 is 15.7 Å². The first-order valence-electron chi connectivity index (χ1n) is 4.82. The third kappa shape index (κ3) is 2.67. The number of amides is 1. The summed E-state index contributed by atoms with van der Waals surface area (Å²) >= 11 is 0. The van der Waals surface area contributed by atoms with E-state index in [0.29, 0.717) is 12.5 Å². The highest BCUT2D eigenvalue weighted by Crippen LogP contribution is 2.16. The summed E-state index contributed by atoms with van der Waals surface area (Å²) in [6, 6.07) is 0. The molecule has 4 heteroatoms. The number of hydrogen-bond donors (Lipinski definition) is 2. The highest BCUT2D eigenvalue weighted by molar-refractivity contribution is 5.80. The van der Waals surface area contributed by atoms with Crippen molar-refractivity contribution in [3.8, 4) is 0 Å². The van der Waals surface area contributed by atoms with E-state index in [1.54, 1.807) is 4.90 Å². The Kier molecular flexibility index (Phi) is 3.69. The second-order valence-corrected chi connectivity index (χ2v) is 3.68. The van der Waals surface area contributed by atoms with E-state index in [0.717, 1.165) is 25.9 Å². The van der Waals surface area contributed by atoms with Crippen LogP contribution in [0.15, 0.2) is 0 Å². The maximum absolute atomic E-state index is 11.3. The van der Waals surface area contributed by atoms with Crippen LogP contribution in [0.4, 0.5) is 0 Å². The summed E-state index contributed by atoms with van der Waals surface area (Å²) in [6.07, 6.45) is 1.07. The fraction of sp³-hybridized carbons (Fsp3) is 0.889. The molecule has 13 heavy (non-hydrogen) atoms. The third-order valence-electron chi connectivity index (χ3n) is 2.62. The number of nitrogens with zero attached hydrogens (tertiary/aromatic N) is 1. The van der Waals surface area contributed by atoms with Crippen molar-refractivity contribution in [2.24, 2.45) is 11.7 Å². The van der Waals surface area contributed by atoms with Gasteiger partial charge in [-0.3, -0.25) is 4.79 Å². The summed E-state index contributed by atoms with van der Waals surface area (Å²) in [4.78, 5) is 13.1. The minimum absolute atomic E-state index is 0.157. The predicted molar refractivity (Wildman–Crippen MR) is 50.0 cm³/mol. The number of nitrogens with two attached hydrogens (primary N) is 1. The molecule has 0 unspecified atom stereocenters. The Morgan fingerprint density at radius 3 is 2.54 bits per heavy atom. The molecular formula is C9H18N2O2. The average Bonchev–Trinajstić information content (AvgIpc) is 2.17. The molecule has 0 aromatic heterocycles. The third-order valence-corrected chi connectivity index (χ3v) is 2.62. The zero-order valence-electron chi connectivity index (χ0n) is 8.07. The molecule has 4 nitrogen and oxygen atoms in total. The lowest BCUT2D eigenvalue weighted by Gasteiger charge is -2.32. The van der Waals surface area contributed by atoms with E-state index in [1.165, 1.54) is 6.92 Å². The van der Waals surface area contributed by atoms with Crippen molar-refractivity contribution in [3.05, 3.63) is 0 Å². The number of likely N-dealkylation sites (tertiary alicyclic amines) is 1. The van der Waals surface area contributed by atoms with Gasteiger partial charge in [0.2, 0.25) is 0 Å². The van der Waals surface area contributed by atoms with Crippen molar-refractivity contribution in [1.29, 1.82) is 0 Å². The van der Waals surface area contributed by atoms with Crippen LogP contribution in [-0.2, 0) is 4.79 Å². The molecule has 0 spiro atoms. The Labute approximate surface area is 78.7 Å². The molecule has 1 rings (SSSR count). The monoisotopic (exact) mass is 186 g/mol. The van der Waals surface area contributed by atoms with Gasteiger partial charge in [0, 0.05) is 13.1 Å². The number of aliphatic hydroxyl groups excluding tert-OH is 1. The zero-order chi connectivity index (χ0) is 9.84. The van der Waals surface area contributed by atoms with Gasteiger partial charge in [0.25, 0.3) is 5.91 Å². The average molecular weight is 186 g/mol. The standard InChI is InChI=1S/C9H18N2O2/c1-7(12)9(13)11-4-2-8(6-10)3-5-11/h7-8,12H,2-6,10H2,1H3/t7-/m0/s1. The van der Waals surface area contributed by atoms with Crippen LogP contribution in [0.2, 0.25) is 0 Å². The second-order valence-electron chi connectivity index (χ2n) is 3.68. The molecule has 0 bridgehead atoms. The van der Waals surface area contributed by atoms with Gasteiger partial charge in [0.05, 0.1) is 0 Å². The van der Waals surface area contributed by atoms with Crippen LogP contribution >= 0.6 is 0 Å². The van der Waals surface area contributed by atoms with E-state index in [2.05, 4.69) is 0 Å². The van der Waals surface area contributed by atoms with Crippen molar-refractivity contribution in [2.45, 2.75) is 25.9 Å². The fourth-order valence-electron chi connectivity index (χ4n) is 1.65. The van der Waals surface area contributed by atoms with Gasteiger partial charge >= 0.3 is 0 Å². The first-order valence-corrected chi connectivity index (χ1v) is 4.82. The molecule has 1 fully saturated rings. The van der Waals surface area contributed by atoms with Crippen molar-refractivity contribution >= 4 is 5.91 Å². The molecule has 0 radical (unpaired) electrons. The van der Waals surface area contributed by atoms with E-state index >= 15 is 0 Å². The minimum Gasteiger partial charge on any atom is -0.384 e. The number of carbonyl (C=O) groups is 1. The molecule has 1 saturated heterocycles. The van der Waals surface area contributed by atoms with Gasteiger partial charge in [-0.15, -0.1) is 0 Å². The molecule has 1 amide bonds. The Hall–Kier alpha value is -0.610. The van der Waals surface area contributed by atoms with Crippen LogP contribution in [0.5, 0.6) is 0 Å². The van der Waals surface area contributed by atoms with E-state index in [-0.39, 0.29) is 5.91 Å². The normalized spacial score (nSPS) is 21.6. The summed E-state index contributed by atoms with van der Waals surface area (Å²) in [5.41, 5.74) is 5.53. The van der Waals surface area contributed by atoms with Crippen LogP contribution in [0.25, 0.3) is 0 Å². The highest BCUT2D eigenvalue weighted by atomic mass is 16.3. The minimum atomic E-state index is -0.866. The van der Waals surface area contributed by atoms with Gasteiger partial charge in [-0.05, 0) is 32.2 Å². The Balaban J connectivity index is 2.36. The lowest BCUT2D eigenvalue weighted by molar-refractivity contribution is -0.140. The van der Waals surface area contributed by atoms with Crippen LogP contribution in [0, 0.1) is 5.92 Å². The van der Waals surface area contributed by atoms with Crippen LogP contribution in [-0.4, -0.2) is 41.7 Å². The Morgan fingerprint density at radius 2 is 2.15 bits per heavy atom. The smallest absolute Gasteiger partial charge is 0.251 e. The van der Waals surface area contributed by atoms with Crippen LogP contribution in [0.1, 0.15) is 19.8 Å². The first-order chi connectivity index (χ1) is 6.15. The molecule has 0 aromatic carbocycles. The molecule has 3 N–H and O–H groups in total. The Bertz CT molecular complexity index is 174. The molecule has 1 heterocycles. The summed E-state index contributed by atoms with van der Waals surface area (Å²) < 4.78 is 0. The van der Waals surface area contributed by atoms with E-state index in [9.17, 15) is 4.79 Å². The largest absolute Gasteiger partial charge is 0.384 e. The number of hydrogen-bond acceptors (Lipinski definition) is 3. The van der Waals surface area contributed by atoms with E-state index < -0.39 is 6.10 Å². The molecule has 76 valence electrons. The SMILES string of the molecule is C[C@H](O)C(=O)N1CCC(CN)CC1. The Morgan fingerprint density at radius 1 is 1.62 bits per heavy atom. The van der Waals surface area contributed by atoms with Crippen molar-refractivity contribution in [2.75, 3.05) is 19.6 Å². The van der Waals surface area contributed by atoms with Crippen molar-refractivity contribution in [3.63, 3.8) is 0 Å². The summed E-state index contributed by atoms with van der Waals surface area (Å²) in [6.45, 7) is 3.70. The topological polar surface area (TPSA) is 66.6 Å². The van der Waals surface area contributed by atoms with Gasteiger partial charge in [0.15, 0.2) is 0 Å². The van der Waals surface area contributed by atoms with Gasteiger partial charge in [-0.2, -0.15) is 0 Å². The molecular weight excluding hydrogens is 168 g/mol. The molecule has 0 saturated carbocycles. The summed E-state index contributed by atoms with van der Waals surface area (Å²) in [7, 11) is 0. The first kappa shape index (κ1) is 10.5. The predicted octanol–water partition coefficient (Wildman–Crippen LogP) is -0.435. The number of carbonyl (C=O) groups excluding carboxylic acids is 1. The summed E-state index contributed by atoms with van der Waals surface area (Å²) in [5, 5.41) is 9.08. The van der Waals surface area contributed by atoms with Gasteiger partial charge in [0.1, 0.15) is 6.10 Å². The van der Waals surface area contributed by atoms with Crippen LogP contribution in [0.3, 0.4) is 0 Å². The lowest BCUT2D eigenvalue weighted by Crippen LogP contribution is -2.43. The van der Waals surface area contributed by atoms with E-state index in [4.69, 9.17) is 10.8 Å². The number of piperidine rings is 1. The van der Waals surface area contributed by atoms with Crippen LogP contribution < -0.4 is 5.73 Å². The quantitative estimate of drug-likeness (QED) is 0.614. The van der Waals surface area contributed by atoms with Crippen molar-refractivity contribution < 1.29 is 9.90 Å². The van der Waals surface area contributed by atoms with E-state index in [1.807, 2.05) is 0 Å². The lowest BCUT2D eigenvalue weighted by atomic mass is 9.97. The molecule has 1 aliphatic heterocycles. The molecule has 0 aliphatic carbocycles. The highest BCUT2D eigenvalue weighted by Gasteiger charge is 2.23. The van der Waals surface area contributed by atoms with Gasteiger partial charge in [-0.25, -0.2) is 0 Å². The molecule has 1 atom stereocenters. The maximum atomic E-state index is 11.3. The number of rotatable bonds is 2.